The smallest absolute Gasteiger partial charge is 0.305 e. The Bertz CT molecular complexity index is 1330. The van der Waals surface area contributed by atoms with Gasteiger partial charge in [-0.3, -0.25) is 14.4 Å². The number of para-hydroxylation sites is 1. The molecule has 3 aromatic carbocycles. The van der Waals surface area contributed by atoms with E-state index >= 15 is 0 Å². The van der Waals surface area contributed by atoms with Crippen LogP contribution in [0.15, 0.2) is 72.8 Å². The van der Waals surface area contributed by atoms with Gasteiger partial charge >= 0.3 is 5.97 Å². The number of hydrogen-bond acceptors (Lipinski definition) is 5. The average Bonchev–Trinajstić information content (AvgIpc) is 2.93. The number of carbonyl (C=O) groups excluding carboxylic acids is 3. The van der Waals surface area contributed by atoms with Gasteiger partial charge in [0.1, 0.15) is 0 Å². The molecule has 3 aromatic rings. The van der Waals surface area contributed by atoms with Crippen molar-refractivity contribution in [1.29, 1.82) is 0 Å². The summed E-state index contributed by atoms with van der Waals surface area (Å²) in [5, 5.41) is 0.606. The number of hydrogen-bond donors (Lipinski definition) is 0. The number of rotatable bonds is 8. The Hall–Kier alpha value is -3.84. The molecule has 7 nitrogen and oxygen atoms in total. The molecular weight excluding hydrogens is 514 g/mol. The zero-order valence-corrected chi connectivity index (χ0v) is 23.5. The second-order valence-electron chi connectivity index (χ2n) is 9.85. The standard InChI is InChI=1S/C31H34ClN3O4/c1-21-20-29(35(22(2)36)26-17-13-24(32)14-18-26)27-8-5-6-9-28(27)34(21)31(38)23-11-15-25(16-12-23)33(3)19-7-10-30(37)39-4/h5-6,8-9,11-18,21,29H,7,10,19-20H2,1-4H3. The largest absolute Gasteiger partial charge is 0.469 e. The number of esters is 1. The van der Waals surface area contributed by atoms with E-state index in [1.807, 2.05) is 84.4 Å². The van der Waals surface area contributed by atoms with Gasteiger partial charge in [-0.1, -0.05) is 29.8 Å². The molecule has 0 aromatic heterocycles. The highest BCUT2D eigenvalue weighted by molar-refractivity contribution is 6.30. The minimum absolute atomic E-state index is 0.0737. The van der Waals surface area contributed by atoms with Crippen molar-refractivity contribution in [2.24, 2.45) is 0 Å². The Morgan fingerprint density at radius 1 is 0.974 bits per heavy atom. The molecule has 0 bridgehead atoms. The molecule has 2 amide bonds. The molecule has 1 aliphatic rings. The van der Waals surface area contributed by atoms with Crippen LogP contribution in [0.5, 0.6) is 0 Å². The molecule has 39 heavy (non-hydrogen) atoms. The Balaban J connectivity index is 1.57. The van der Waals surface area contributed by atoms with E-state index in [1.54, 1.807) is 24.0 Å². The number of benzene rings is 3. The van der Waals surface area contributed by atoms with Gasteiger partial charge in [0.05, 0.1) is 13.2 Å². The van der Waals surface area contributed by atoms with Crippen molar-refractivity contribution in [1.82, 2.24) is 0 Å². The van der Waals surface area contributed by atoms with E-state index < -0.39 is 0 Å². The summed E-state index contributed by atoms with van der Waals surface area (Å²) >= 11 is 6.10. The van der Waals surface area contributed by atoms with Crippen LogP contribution in [0.25, 0.3) is 0 Å². The van der Waals surface area contributed by atoms with Gasteiger partial charge in [-0.25, -0.2) is 0 Å². The quantitative estimate of drug-likeness (QED) is 0.311. The summed E-state index contributed by atoms with van der Waals surface area (Å²) in [4.78, 5) is 43.7. The van der Waals surface area contributed by atoms with Gasteiger partial charge in [-0.05, 0) is 79.9 Å². The maximum atomic E-state index is 13.8. The molecule has 0 N–H and O–H groups in total. The van der Waals surface area contributed by atoms with Crippen LogP contribution in [0.4, 0.5) is 17.1 Å². The molecule has 4 rings (SSSR count). The Labute approximate surface area is 234 Å². The summed E-state index contributed by atoms with van der Waals surface area (Å²) in [5.74, 6) is -0.383. The maximum Gasteiger partial charge on any atom is 0.305 e. The van der Waals surface area contributed by atoms with E-state index in [0.717, 1.165) is 22.6 Å². The third kappa shape index (κ3) is 6.25. The zero-order chi connectivity index (χ0) is 28.1. The van der Waals surface area contributed by atoms with Gasteiger partial charge < -0.3 is 19.4 Å². The van der Waals surface area contributed by atoms with Crippen molar-refractivity contribution in [2.45, 2.75) is 45.2 Å². The molecule has 2 unspecified atom stereocenters. The first-order valence-corrected chi connectivity index (χ1v) is 13.4. The molecule has 0 saturated carbocycles. The molecule has 8 heteroatoms. The van der Waals surface area contributed by atoms with Crippen LogP contribution in [0.3, 0.4) is 0 Å². The van der Waals surface area contributed by atoms with Crippen LogP contribution >= 0.6 is 11.6 Å². The molecule has 0 spiro atoms. The number of ether oxygens (including phenoxy) is 1. The average molecular weight is 548 g/mol. The Morgan fingerprint density at radius 3 is 2.26 bits per heavy atom. The first-order chi connectivity index (χ1) is 18.7. The van der Waals surface area contributed by atoms with Crippen LogP contribution in [-0.2, 0) is 14.3 Å². The monoisotopic (exact) mass is 547 g/mol. The van der Waals surface area contributed by atoms with E-state index in [1.165, 1.54) is 7.11 Å². The van der Waals surface area contributed by atoms with Crippen LogP contribution in [0, 0.1) is 0 Å². The van der Waals surface area contributed by atoms with Gasteiger partial charge in [0, 0.05) is 60.6 Å². The van der Waals surface area contributed by atoms with E-state index in [0.29, 0.717) is 36.4 Å². The summed E-state index contributed by atoms with van der Waals surface area (Å²) < 4.78 is 4.71. The van der Waals surface area contributed by atoms with Crippen LogP contribution in [0.2, 0.25) is 5.02 Å². The number of carbonyl (C=O) groups is 3. The third-order valence-corrected chi connectivity index (χ3v) is 7.44. The molecule has 2 atom stereocenters. The van der Waals surface area contributed by atoms with E-state index in [9.17, 15) is 14.4 Å². The minimum Gasteiger partial charge on any atom is -0.469 e. The first kappa shape index (κ1) is 28.2. The van der Waals surface area contributed by atoms with Crippen molar-refractivity contribution in [2.75, 3.05) is 35.4 Å². The molecule has 204 valence electrons. The molecule has 1 aliphatic heterocycles. The highest BCUT2D eigenvalue weighted by Gasteiger charge is 2.38. The molecule has 0 aliphatic carbocycles. The van der Waals surface area contributed by atoms with E-state index in [4.69, 9.17) is 16.3 Å². The number of anilines is 3. The molecule has 0 saturated heterocycles. The summed E-state index contributed by atoms with van der Waals surface area (Å²) in [6.07, 6.45) is 1.64. The fourth-order valence-electron chi connectivity index (χ4n) is 5.21. The van der Waals surface area contributed by atoms with Gasteiger partial charge in [-0.2, -0.15) is 0 Å². The van der Waals surface area contributed by atoms with Gasteiger partial charge in [0.15, 0.2) is 0 Å². The second-order valence-corrected chi connectivity index (χ2v) is 10.3. The summed E-state index contributed by atoms with van der Waals surface area (Å²) in [6, 6.07) is 22.2. The highest BCUT2D eigenvalue weighted by atomic mass is 35.5. The number of amides is 2. The lowest BCUT2D eigenvalue weighted by Gasteiger charge is -2.43. The third-order valence-electron chi connectivity index (χ3n) is 7.19. The van der Waals surface area contributed by atoms with Crippen molar-refractivity contribution in [3.8, 4) is 0 Å². The highest BCUT2D eigenvalue weighted by Crippen LogP contribution is 2.43. The molecule has 1 heterocycles. The Morgan fingerprint density at radius 2 is 1.62 bits per heavy atom. The molecule has 0 fully saturated rings. The van der Waals surface area contributed by atoms with Gasteiger partial charge in [0.2, 0.25) is 5.91 Å². The zero-order valence-electron chi connectivity index (χ0n) is 22.8. The lowest BCUT2D eigenvalue weighted by molar-refractivity contribution is -0.140. The second kappa shape index (κ2) is 12.3. The summed E-state index contributed by atoms with van der Waals surface area (Å²) in [5.41, 5.74) is 4.04. The number of fused-ring (bicyclic) bond motifs is 1. The van der Waals surface area contributed by atoms with Crippen LogP contribution in [-0.4, -0.2) is 44.5 Å². The summed E-state index contributed by atoms with van der Waals surface area (Å²) in [6.45, 7) is 4.28. The van der Waals surface area contributed by atoms with E-state index in [-0.39, 0.29) is 29.9 Å². The maximum absolute atomic E-state index is 13.8. The Kier molecular flexibility index (Phi) is 8.92. The fourth-order valence-corrected chi connectivity index (χ4v) is 5.33. The van der Waals surface area contributed by atoms with Gasteiger partial charge in [-0.15, -0.1) is 0 Å². The molecule has 0 radical (unpaired) electrons. The van der Waals surface area contributed by atoms with Crippen molar-refractivity contribution < 1.29 is 19.1 Å². The predicted octanol–water partition coefficient (Wildman–Crippen LogP) is 6.26. The van der Waals surface area contributed by atoms with E-state index in [2.05, 4.69) is 0 Å². The first-order valence-electron chi connectivity index (χ1n) is 13.1. The number of methoxy groups -OCH3 is 1. The predicted molar refractivity (Wildman–Crippen MR) is 156 cm³/mol. The van der Waals surface area contributed by atoms with Crippen LogP contribution in [0.1, 0.15) is 55.1 Å². The normalized spacial score (nSPS) is 16.3. The van der Waals surface area contributed by atoms with Crippen molar-refractivity contribution >= 4 is 46.4 Å². The summed E-state index contributed by atoms with van der Waals surface area (Å²) in [7, 11) is 3.35. The number of halogens is 1. The lowest BCUT2D eigenvalue weighted by atomic mass is 9.89. The molecular formula is C31H34ClN3O4. The number of nitrogens with zero attached hydrogens (tertiary/aromatic N) is 3. The fraction of sp³-hybridized carbons (Fsp3) is 0.323. The van der Waals surface area contributed by atoms with Crippen LogP contribution < -0.4 is 14.7 Å². The topological polar surface area (TPSA) is 70.2 Å². The minimum atomic E-state index is -0.222. The lowest BCUT2D eigenvalue weighted by Crippen LogP contribution is -2.47. The van der Waals surface area contributed by atoms with Crippen molar-refractivity contribution in [3.63, 3.8) is 0 Å². The van der Waals surface area contributed by atoms with Gasteiger partial charge in [0.25, 0.3) is 5.91 Å². The SMILES string of the molecule is COC(=O)CCCN(C)c1ccc(C(=O)N2c3ccccc3C(N(C(C)=O)c3ccc(Cl)cc3)CC2C)cc1. The van der Waals surface area contributed by atoms with Crippen molar-refractivity contribution in [3.05, 3.63) is 88.9 Å².